The highest BCUT2D eigenvalue weighted by Crippen LogP contribution is 2.27. The lowest BCUT2D eigenvalue weighted by Gasteiger charge is -2.05. The summed E-state index contributed by atoms with van der Waals surface area (Å²) in [6.07, 6.45) is 7.01. The predicted molar refractivity (Wildman–Crippen MR) is 119 cm³/mol. The van der Waals surface area contributed by atoms with Crippen LogP contribution in [0.2, 0.25) is 10.0 Å². The van der Waals surface area contributed by atoms with Crippen molar-refractivity contribution in [1.82, 2.24) is 4.57 Å². The SMILES string of the molecule is O=C(/C=C/c1ccc(COc2ccc(Cl)c(Cl)c2)o1)c1cccc(-n2cccc2)c1. The Morgan fingerprint density at radius 2 is 1.80 bits per heavy atom. The number of hydrogen-bond acceptors (Lipinski definition) is 3. The van der Waals surface area contributed by atoms with Crippen LogP contribution in [0, 0.1) is 0 Å². The fourth-order valence-electron chi connectivity index (χ4n) is 2.86. The van der Waals surface area contributed by atoms with E-state index in [0.717, 1.165) is 5.69 Å². The molecule has 0 bridgehead atoms. The molecule has 0 fully saturated rings. The maximum Gasteiger partial charge on any atom is 0.186 e. The van der Waals surface area contributed by atoms with Crippen molar-refractivity contribution in [3.05, 3.63) is 112 Å². The molecule has 150 valence electrons. The maximum absolute atomic E-state index is 12.5. The van der Waals surface area contributed by atoms with Gasteiger partial charge in [-0.1, -0.05) is 35.3 Å². The Labute approximate surface area is 183 Å². The molecule has 0 atom stereocenters. The van der Waals surface area contributed by atoms with Gasteiger partial charge in [0, 0.05) is 29.7 Å². The summed E-state index contributed by atoms with van der Waals surface area (Å²) in [7, 11) is 0. The van der Waals surface area contributed by atoms with Crippen LogP contribution in [0.1, 0.15) is 21.9 Å². The minimum absolute atomic E-state index is 0.103. The minimum atomic E-state index is -0.103. The topological polar surface area (TPSA) is 44.4 Å². The Kier molecular flexibility index (Phi) is 6.07. The number of benzene rings is 2. The van der Waals surface area contributed by atoms with Crippen molar-refractivity contribution in [2.75, 3.05) is 0 Å². The molecule has 4 aromatic rings. The zero-order valence-corrected chi connectivity index (χ0v) is 17.3. The normalized spacial score (nSPS) is 11.1. The van der Waals surface area contributed by atoms with Gasteiger partial charge in [0.1, 0.15) is 23.9 Å². The molecule has 0 N–H and O–H groups in total. The van der Waals surface area contributed by atoms with Crippen molar-refractivity contribution in [2.24, 2.45) is 0 Å². The summed E-state index contributed by atoms with van der Waals surface area (Å²) in [5.41, 5.74) is 1.53. The van der Waals surface area contributed by atoms with Crippen LogP contribution in [0.15, 0.2) is 89.6 Å². The molecule has 30 heavy (non-hydrogen) atoms. The van der Waals surface area contributed by atoms with Gasteiger partial charge in [-0.3, -0.25) is 4.79 Å². The molecule has 2 aromatic carbocycles. The third-order valence-corrected chi connectivity index (χ3v) is 5.13. The molecule has 2 aromatic heterocycles. The summed E-state index contributed by atoms with van der Waals surface area (Å²) >= 11 is 11.9. The van der Waals surface area contributed by atoms with E-state index >= 15 is 0 Å². The van der Waals surface area contributed by atoms with Gasteiger partial charge in [-0.05, 0) is 60.7 Å². The lowest BCUT2D eigenvalue weighted by Crippen LogP contribution is -1.97. The lowest BCUT2D eigenvalue weighted by molar-refractivity contribution is 0.104. The molecule has 0 aliphatic heterocycles. The average Bonchev–Trinajstić information content (AvgIpc) is 3.45. The molecule has 4 rings (SSSR count). The smallest absolute Gasteiger partial charge is 0.186 e. The van der Waals surface area contributed by atoms with E-state index in [4.69, 9.17) is 32.4 Å². The molecule has 0 spiro atoms. The van der Waals surface area contributed by atoms with Gasteiger partial charge in [0.2, 0.25) is 0 Å². The summed E-state index contributed by atoms with van der Waals surface area (Å²) in [5.74, 6) is 1.69. The first-order valence-corrected chi connectivity index (χ1v) is 9.96. The number of ketones is 1. The minimum Gasteiger partial charge on any atom is -0.486 e. The maximum atomic E-state index is 12.5. The molecule has 6 heteroatoms. The highest BCUT2D eigenvalue weighted by atomic mass is 35.5. The molecule has 0 amide bonds. The molecule has 0 saturated carbocycles. The molecule has 0 saturated heterocycles. The number of nitrogens with zero attached hydrogens (tertiary/aromatic N) is 1. The number of hydrogen-bond donors (Lipinski definition) is 0. The highest BCUT2D eigenvalue weighted by molar-refractivity contribution is 6.42. The highest BCUT2D eigenvalue weighted by Gasteiger charge is 2.06. The van der Waals surface area contributed by atoms with Gasteiger partial charge in [0.05, 0.1) is 10.0 Å². The summed E-state index contributed by atoms with van der Waals surface area (Å²) in [5, 5.41) is 0.898. The summed E-state index contributed by atoms with van der Waals surface area (Å²) in [6, 6.07) is 20.0. The predicted octanol–water partition coefficient (Wildman–Crippen LogP) is 6.85. The van der Waals surface area contributed by atoms with Gasteiger partial charge < -0.3 is 13.7 Å². The first kappa shape index (κ1) is 20.1. The third-order valence-electron chi connectivity index (χ3n) is 4.39. The van der Waals surface area contributed by atoms with Gasteiger partial charge in [-0.25, -0.2) is 0 Å². The van der Waals surface area contributed by atoms with E-state index in [-0.39, 0.29) is 12.4 Å². The average molecular weight is 438 g/mol. The number of aromatic nitrogens is 1. The molecule has 0 unspecified atom stereocenters. The number of ether oxygens (including phenoxy) is 1. The van der Waals surface area contributed by atoms with Gasteiger partial charge >= 0.3 is 0 Å². The quantitative estimate of drug-likeness (QED) is 0.234. The molecule has 4 nitrogen and oxygen atoms in total. The molecular weight excluding hydrogens is 421 g/mol. The lowest BCUT2D eigenvalue weighted by atomic mass is 10.1. The molecular formula is C24H17Cl2NO3. The van der Waals surface area contributed by atoms with Crippen molar-refractivity contribution in [2.45, 2.75) is 6.61 Å². The van der Waals surface area contributed by atoms with Crippen LogP contribution in [0.25, 0.3) is 11.8 Å². The van der Waals surface area contributed by atoms with E-state index in [2.05, 4.69) is 0 Å². The Balaban J connectivity index is 1.39. The van der Waals surface area contributed by atoms with Crippen LogP contribution in [0.5, 0.6) is 5.75 Å². The second kappa shape index (κ2) is 9.08. The molecule has 0 aliphatic carbocycles. The van der Waals surface area contributed by atoms with E-state index in [0.29, 0.717) is 32.9 Å². The van der Waals surface area contributed by atoms with Gasteiger partial charge in [-0.2, -0.15) is 0 Å². The van der Waals surface area contributed by atoms with Crippen LogP contribution in [0.4, 0.5) is 0 Å². The van der Waals surface area contributed by atoms with Crippen LogP contribution in [0.3, 0.4) is 0 Å². The van der Waals surface area contributed by atoms with Crippen LogP contribution < -0.4 is 4.74 Å². The van der Waals surface area contributed by atoms with E-state index in [9.17, 15) is 4.79 Å². The first-order chi connectivity index (χ1) is 14.6. The Bertz CT molecular complexity index is 1190. The monoisotopic (exact) mass is 437 g/mol. The van der Waals surface area contributed by atoms with E-state index in [1.807, 2.05) is 47.3 Å². The summed E-state index contributed by atoms with van der Waals surface area (Å²) in [4.78, 5) is 12.5. The standard InChI is InChI=1S/C24H17Cl2NO3/c25-22-10-8-20(15-23(22)26)29-16-21-7-6-19(30-21)9-11-24(28)17-4-3-5-18(14-17)27-12-1-2-13-27/h1-15H,16H2/b11-9+. The van der Waals surface area contributed by atoms with Gasteiger partial charge in [0.25, 0.3) is 0 Å². The van der Waals surface area contributed by atoms with Crippen LogP contribution >= 0.6 is 23.2 Å². The summed E-state index contributed by atoms with van der Waals surface area (Å²) in [6.45, 7) is 0.235. The number of furan rings is 1. The van der Waals surface area contributed by atoms with Gasteiger partial charge in [-0.15, -0.1) is 0 Å². The van der Waals surface area contributed by atoms with Crippen molar-refractivity contribution < 1.29 is 13.9 Å². The number of carbonyl (C=O) groups is 1. The molecule has 0 aliphatic rings. The summed E-state index contributed by atoms with van der Waals surface area (Å²) < 4.78 is 13.3. The van der Waals surface area contributed by atoms with Crippen LogP contribution in [-0.4, -0.2) is 10.4 Å². The number of allylic oxidation sites excluding steroid dienone is 1. The molecule has 2 heterocycles. The van der Waals surface area contributed by atoms with Gasteiger partial charge in [0.15, 0.2) is 5.78 Å². The fraction of sp³-hybridized carbons (Fsp3) is 0.0417. The van der Waals surface area contributed by atoms with E-state index < -0.39 is 0 Å². The van der Waals surface area contributed by atoms with Crippen molar-refractivity contribution >= 4 is 35.1 Å². The second-order valence-electron chi connectivity index (χ2n) is 6.51. The van der Waals surface area contributed by atoms with Crippen molar-refractivity contribution in [3.63, 3.8) is 0 Å². The fourth-order valence-corrected chi connectivity index (χ4v) is 3.15. The number of carbonyl (C=O) groups excluding carboxylic acids is 1. The van der Waals surface area contributed by atoms with Crippen molar-refractivity contribution in [3.8, 4) is 11.4 Å². The zero-order chi connectivity index (χ0) is 20.9. The number of halogens is 2. The van der Waals surface area contributed by atoms with E-state index in [1.54, 1.807) is 42.5 Å². The first-order valence-electron chi connectivity index (χ1n) is 9.21. The largest absolute Gasteiger partial charge is 0.486 e. The van der Waals surface area contributed by atoms with Crippen LogP contribution in [-0.2, 0) is 6.61 Å². The van der Waals surface area contributed by atoms with E-state index in [1.165, 1.54) is 6.08 Å². The Morgan fingerprint density at radius 3 is 2.60 bits per heavy atom. The number of rotatable bonds is 7. The Morgan fingerprint density at radius 1 is 0.967 bits per heavy atom. The van der Waals surface area contributed by atoms with Crippen molar-refractivity contribution in [1.29, 1.82) is 0 Å². The second-order valence-corrected chi connectivity index (χ2v) is 7.32. The third kappa shape index (κ3) is 4.85. The zero-order valence-electron chi connectivity index (χ0n) is 15.8. The Hall–Kier alpha value is -3.21. The molecule has 0 radical (unpaired) electrons.